The van der Waals surface area contributed by atoms with E-state index in [0.717, 1.165) is 17.7 Å². The van der Waals surface area contributed by atoms with Gasteiger partial charge in [-0.2, -0.15) is 0 Å². The first kappa shape index (κ1) is 18.1. The maximum absolute atomic E-state index is 9.74. The quantitative estimate of drug-likeness (QED) is 0.741. The maximum atomic E-state index is 9.74. The predicted octanol–water partition coefficient (Wildman–Crippen LogP) is 5.09. The highest BCUT2D eigenvalue weighted by Crippen LogP contribution is 2.48. The van der Waals surface area contributed by atoms with Crippen molar-refractivity contribution in [3.05, 3.63) is 41.5 Å². The minimum atomic E-state index is -0.0759. The number of hydrogen-bond donors (Lipinski definition) is 1. The van der Waals surface area contributed by atoms with Gasteiger partial charge in [0.1, 0.15) is 5.75 Å². The van der Waals surface area contributed by atoms with Crippen LogP contribution in [0.3, 0.4) is 0 Å². The zero-order chi connectivity index (χ0) is 17.3. The van der Waals surface area contributed by atoms with E-state index in [0.29, 0.717) is 6.61 Å². The Morgan fingerprint density at radius 2 is 1.74 bits per heavy atom. The molecule has 23 heavy (non-hydrogen) atoms. The van der Waals surface area contributed by atoms with Crippen molar-refractivity contribution in [2.45, 2.75) is 70.6 Å². The number of benzene rings is 1. The number of hydrogen-bond acceptors (Lipinski definition) is 2. The summed E-state index contributed by atoms with van der Waals surface area (Å²) in [5, 5.41) is 9.74. The van der Waals surface area contributed by atoms with E-state index in [1.54, 1.807) is 0 Å². The second-order valence-corrected chi connectivity index (χ2v) is 8.08. The molecule has 2 nitrogen and oxygen atoms in total. The molecule has 0 heterocycles. The van der Waals surface area contributed by atoms with E-state index in [9.17, 15) is 5.11 Å². The van der Waals surface area contributed by atoms with Crippen LogP contribution in [0.25, 0.3) is 0 Å². The second kappa shape index (κ2) is 6.68. The summed E-state index contributed by atoms with van der Waals surface area (Å²) in [4.78, 5) is 0. The molecule has 0 amide bonds. The standard InChI is InChI=1S/C21H32O2/c1-7-11-23-19-13-18-17(12-16(19)15(8-2)14-22)20(3,4)9-10-21(18,5)6/h8,12-13,15,22H,2,7,9-11,14H2,1,3-6H3. The third kappa shape index (κ3) is 3.47. The van der Waals surface area contributed by atoms with E-state index in [-0.39, 0.29) is 23.4 Å². The Kier molecular flexibility index (Phi) is 5.25. The lowest BCUT2D eigenvalue weighted by molar-refractivity contribution is 0.272. The van der Waals surface area contributed by atoms with E-state index >= 15 is 0 Å². The molecule has 0 aliphatic heterocycles. The van der Waals surface area contributed by atoms with Crippen molar-refractivity contribution in [3.63, 3.8) is 0 Å². The number of rotatable bonds is 6. The van der Waals surface area contributed by atoms with Gasteiger partial charge in [-0.3, -0.25) is 0 Å². The van der Waals surface area contributed by atoms with Gasteiger partial charge in [0, 0.05) is 11.5 Å². The Balaban J connectivity index is 2.65. The molecule has 1 aromatic rings. The normalized spacial score (nSPS) is 19.7. The fourth-order valence-electron chi connectivity index (χ4n) is 3.54. The van der Waals surface area contributed by atoms with Crippen molar-refractivity contribution < 1.29 is 9.84 Å². The maximum Gasteiger partial charge on any atom is 0.123 e. The van der Waals surface area contributed by atoms with Crippen molar-refractivity contribution in [1.82, 2.24) is 0 Å². The minimum absolute atomic E-state index is 0.0641. The van der Waals surface area contributed by atoms with Crippen molar-refractivity contribution >= 4 is 0 Å². The van der Waals surface area contributed by atoms with Crippen LogP contribution in [0.2, 0.25) is 0 Å². The van der Waals surface area contributed by atoms with Crippen molar-refractivity contribution in [3.8, 4) is 5.75 Å². The molecular weight excluding hydrogens is 284 g/mol. The van der Waals surface area contributed by atoms with Crippen LogP contribution in [0.15, 0.2) is 24.8 Å². The molecule has 0 radical (unpaired) electrons. The van der Waals surface area contributed by atoms with Crippen molar-refractivity contribution in [1.29, 1.82) is 0 Å². The number of aliphatic hydroxyl groups excluding tert-OH is 1. The minimum Gasteiger partial charge on any atom is -0.493 e. The Morgan fingerprint density at radius 1 is 1.17 bits per heavy atom. The fraction of sp³-hybridized carbons (Fsp3) is 0.619. The van der Waals surface area contributed by atoms with Gasteiger partial charge < -0.3 is 9.84 Å². The Morgan fingerprint density at radius 3 is 2.22 bits per heavy atom. The first-order chi connectivity index (χ1) is 10.8. The SMILES string of the molecule is C=CC(CO)c1cc2c(cc1OCCC)C(C)(C)CCC2(C)C. The molecule has 1 aliphatic rings. The van der Waals surface area contributed by atoms with E-state index < -0.39 is 0 Å². The number of ether oxygens (including phenoxy) is 1. The van der Waals surface area contributed by atoms with E-state index in [4.69, 9.17) is 4.74 Å². The molecule has 0 saturated carbocycles. The van der Waals surface area contributed by atoms with Crippen molar-refractivity contribution in [2.75, 3.05) is 13.2 Å². The molecule has 1 aliphatic carbocycles. The third-order valence-electron chi connectivity index (χ3n) is 5.33. The predicted molar refractivity (Wildman–Crippen MR) is 97.5 cm³/mol. The lowest BCUT2D eigenvalue weighted by Crippen LogP contribution is -2.34. The van der Waals surface area contributed by atoms with Gasteiger partial charge in [0.15, 0.2) is 0 Å². The van der Waals surface area contributed by atoms with Gasteiger partial charge in [-0.1, -0.05) is 46.8 Å². The topological polar surface area (TPSA) is 29.5 Å². The van der Waals surface area contributed by atoms with Gasteiger partial charge in [0.2, 0.25) is 0 Å². The van der Waals surface area contributed by atoms with Crippen LogP contribution >= 0.6 is 0 Å². The largest absolute Gasteiger partial charge is 0.493 e. The summed E-state index contributed by atoms with van der Waals surface area (Å²) in [6, 6.07) is 4.50. The van der Waals surface area contributed by atoms with Gasteiger partial charge >= 0.3 is 0 Å². The average Bonchev–Trinajstić information content (AvgIpc) is 2.51. The summed E-state index contributed by atoms with van der Waals surface area (Å²) in [5.41, 5.74) is 4.18. The van der Waals surface area contributed by atoms with Crippen molar-refractivity contribution in [2.24, 2.45) is 0 Å². The van der Waals surface area contributed by atoms with E-state index in [1.165, 1.54) is 24.0 Å². The zero-order valence-corrected chi connectivity index (χ0v) is 15.4. The van der Waals surface area contributed by atoms with Gasteiger partial charge in [0.05, 0.1) is 13.2 Å². The molecule has 1 N–H and O–H groups in total. The Hall–Kier alpha value is -1.28. The van der Waals surface area contributed by atoms with Crippen LogP contribution < -0.4 is 4.74 Å². The summed E-state index contributed by atoms with van der Waals surface area (Å²) >= 11 is 0. The second-order valence-electron chi connectivity index (χ2n) is 8.08. The lowest BCUT2D eigenvalue weighted by atomic mass is 9.62. The van der Waals surface area contributed by atoms with Gasteiger partial charge in [-0.15, -0.1) is 6.58 Å². The van der Waals surface area contributed by atoms with E-state index in [1.807, 2.05) is 6.08 Å². The summed E-state index contributed by atoms with van der Waals surface area (Å²) in [6.07, 6.45) is 5.16. The van der Waals surface area contributed by atoms with Crippen LogP contribution in [0.5, 0.6) is 5.75 Å². The first-order valence-corrected chi connectivity index (χ1v) is 8.82. The molecule has 1 aromatic carbocycles. The number of aliphatic hydroxyl groups is 1. The highest BCUT2D eigenvalue weighted by molar-refractivity contribution is 5.52. The number of fused-ring (bicyclic) bond motifs is 1. The first-order valence-electron chi connectivity index (χ1n) is 8.82. The molecule has 128 valence electrons. The van der Waals surface area contributed by atoms with E-state index in [2.05, 4.69) is 53.3 Å². The average molecular weight is 316 g/mol. The molecule has 2 rings (SSSR count). The molecule has 0 fully saturated rings. The zero-order valence-electron chi connectivity index (χ0n) is 15.4. The molecular formula is C21H32O2. The molecule has 0 bridgehead atoms. The molecule has 0 aromatic heterocycles. The van der Waals surface area contributed by atoms with Crippen LogP contribution in [0.1, 0.15) is 76.5 Å². The molecule has 1 unspecified atom stereocenters. The highest BCUT2D eigenvalue weighted by Gasteiger charge is 2.38. The highest BCUT2D eigenvalue weighted by atomic mass is 16.5. The summed E-state index contributed by atoms with van der Waals surface area (Å²) in [5.74, 6) is 0.836. The monoisotopic (exact) mass is 316 g/mol. The molecule has 0 spiro atoms. The van der Waals surface area contributed by atoms with Gasteiger partial charge in [-0.25, -0.2) is 0 Å². The summed E-state index contributed by atoms with van der Waals surface area (Å²) in [7, 11) is 0. The third-order valence-corrected chi connectivity index (χ3v) is 5.33. The summed E-state index contributed by atoms with van der Waals surface area (Å²) < 4.78 is 6.04. The van der Waals surface area contributed by atoms with Gasteiger partial charge in [-0.05, 0) is 47.3 Å². The molecule has 0 saturated heterocycles. The fourth-order valence-corrected chi connectivity index (χ4v) is 3.54. The Bertz CT molecular complexity index is 569. The Labute approximate surface area is 141 Å². The van der Waals surface area contributed by atoms with Crippen LogP contribution in [0, 0.1) is 0 Å². The summed E-state index contributed by atoms with van der Waals surface area (Å²) in [6.45, 7) is 16.0. The molecule has 1 atom stereocenters. The van der Waals surface area contributed by atoms with Gasteiger partial charge in [0.25, 0.3) is 0 Å². The van der Waals surface area contributed by atoms with Crippen LogP contribution in [-0.2, 0) is 10.8 Å². The molecule has 2 heteroatoms. The smallest absolute Gasteiger partial charge is 0.123 e. The lowest BCUT2D eigenvalue weighted by Gasteiger charge is -2.42. The van der Waals surface area contributed by atoms with Crippen LogP contribution in [-0.4, -0.2) is 18.3 Å². The van der Waals surface area contributed by atoms with Crippen LogP contribution in [0.4, 0.5) is 0 Å².